The predicted molar refractivity (Wildman–Crippen MR) is 90.9 cm³/mol. The maximum absolute atomic E-state index is 12.1. The Morgan fingerprint density at radius 1 is 0.963 bits per heavy atom. The van der Waals surface area contributed by atoms with Crippen molar-refractivity contribution in [3.8, 4) is 0 Å². The van der Waals surface area contributed by atoms with E-state index in [0.717, 1.165) is 0 Å². The first-order chi connectivity index (χ1) is 12.8. The maximum atomic E-state index is 12.1. The van der Waals surface area contributed by atoms with Crippen LogP contribution >= 0.6 is 0 Å². The molecule has 0 aliphatic heterocycles. The number of ether oxygens (including phenoxy) is 1. The summed E-state index contributed by atoms with van der Waals surface area (Å²) < 4.78 is 41.2. The Bertz CT molecular complexity index is 816. The summed E-state index contributed by atoms with van der Waals surface area (Å²) in [7, 11) is 0. The molecule has 1 amide bonds. The first-order valence-electron chi connectivity index (χ1n) is 7.92. The molecule has 0 radical (unpaired) electrons. The van der Waals surface area contributed by atoms with Crippen molar-refractivity contribution in [3.05, 3.63) is 59.7 Å². The highest BCUT2D eigenvalue weighted by atomic mass is 19.4. The number of nitrogens with zero attached hydrogens (tertiary/aromatic N) is 2. The van der Waals surface area contributed by atoms with Crippen molar-refractivity contribution in [3.63, 3.8) is 0 Å². The molecule has 0 spiro atoms. The van der Waals surface area contributed by atoms with E-state index in [1.54, 1.807) is 48.6 Å². The van der Waals surface area contributed by atoms with Crippen LogP contribution in [-0.2, 0) is 16.1 Å². The Labute approximate surface area is 153 Å². The normalized spacial score (nSPS) is 11.4. The number of hydrogen-bond acceptors (Lipinski definition) is 5. The molecule has 6 nitrogen and oxygen atoms in total. The van der Waals surface area contributed by atoms with Crippen LogP contribution in [0.4, 0.5) is 24.5 Å². The average Bonchev–Trinajstić information content (AvgIpc) is 2.65. The van der Waals surface area contributed by atoms with E-state index in [1.807, 2.05) is 0 Å². The number of carbonyl (C=O) groups excluding carboxylic acids is 2. The molecule has 2 aromatic carbocycles. The van der Waals surface area contributed by atoms with Gasteiger partial charge in [0.1, 0.15) is 0 Å². The molecule has 142 valence electrons. The van der Waals surface area contributed by atoms with Gasteiger partial charge in [-0.05, 0) is 48.9 Å². The topological polar surface area (TPSA) is 80.1 Å². The summed E-state index contributed by atoms with van der Waals surface area (Å²) in [6.07, 6.45) is -4.91. The molecule has 27 heavy (non-hydrogen) atoms. The quantitative estimate of drug-likeness (QED) is 0.594. The lowest BCUT2D eigenvalue weighted by Crippen LogP contribution is -2.36. The molecule has 1 N–H and O–H groups in total. The molecule has 2 rings (SSSR count). The Morgan fingerprint density at radius 3 is 1.96 bits per heavy atom. The minimum absolute atomic E-state index is 0.245. The van der Waals surface area contributed by atoms with Gasteiger partial charge in [0, 0.05) is 6.54 Å². The summed E-state index contributed by atoms with van der Waals surface area (Å²) >= 11 is 0. The summed E-state index contributed by atoms with van der Waals surface area (Å²) in [5.74, 6) is -2.41. The highest BCUT2D eigenvalue weighted by Gasteiger charge is 2.38. The third-order valence-electron chi connectivity index (χ3n) is 3.31. The number of carbonyl (C=O) groups is 2. The van der Waals surface area contributed by atoms with E-state index in [0.29, 0.717) is 22.5 Å². The van der Waals surface area contributed by atoms with Gasteiger partial charge in [0.25, 0.3) is 0 Å². The van der Waals surface area contributed by atoms with E-state index >= 15 is 0 Å². The van der Waals surface area contributed by atoms with Gasteiger partial charge in [0.15, 0.2) is 0 Å². The van der Waals surface area contributed by atoms with E-state index < -0.39 is 18.1 Å². The molecule has 0 saturated heterocycles. The highest BCUT2D eigenvalue weighted by Crippen LogP contribution is 2.20. The zero-order chi connectivity index (χ0) is 19.9. The summed E-state index contributed by atoms with van der Waals surface area (Å²) in [4.78, 5) is 22.3. The van der Waals surface area contributed by atoms with Crippen molar-refractivity contribution in [1.82, 2.24) is 5.32 Å². The lowest BCUT2D eigenvalue weighted by molar-refractivity contribution is -0.173. The van der Waals surface area contributed by atoms with Crippen LogP contribution in [-0.4, -0.2) is 24.7 Å². The van der Waals surface area contributed by atoms with Gasteiger partial charge in [0.2, 0.25) is 0 Å². The number of halogens is 3. The van der Waals surface area contributed by atoms with Crippen LogP contribution in [0.1, 0.15) is 22.8 Å². The van der Waals surface area contributed by atoms with Crippen molar-refractivity contribution in [2.45, 2.75) is 19.6 Å². The van der Waals surface area contributed by atoms with E-state index in [4.69, 9.17) is 4.74 Å². The van der Waals surface area contributed by atoms with Gasteiger partial charge in [-0.25, -0.2) is 4.79 Å². The highest BCUT2D eigenvalue weighted by molar-refractivity contribution is 5.89. The number of azo groups is 1. The number of amides is 1. The van der Waals surface area contributed by atoms with Crippen molar-refractivity contribution < 1.29 is 27.5 Å². The Balaban J connectivity index is 1.94. The first-order valence-corrected chi connectivity index (χ1v) is 7.92. The summed E-state index contributed by atoms with van der Waals surface area (Å²) in [5.41, 5.74) is 1.89. The zero-order valence-electron chi connectivity index (χ0n) is 14.3. The molecule has 0 aliphatic carbocycles. The van der Waals surface area contributed by atoms with E-state index in [2.05, 4.69) is 10.2 Å². The summed E-state index contributed by atoms with van der Waals surface area (Å²) in [5, 5.41) is 9.80. The molecule has 0 fully saturated rings. The molecule has 0 unspecified atom stereocenters. The number of hydrogen-bond donors (Lipinski definition) is 1. The fourth-order valence-electron chi connectivity index (χ4n) is 1.96. The second-order valence-corrected chi connectivity index (χ2v) is 5.31. The number of rotatable bonds is 6. The van der Waals surface area contributed by atoms with Gasteiger partial charge in [-0.1, -0.05) is 12.1 Å². The lowest BCUT2D eigenvalue weighted by Gasteiger charge is -2.07. The first kappa shape index (κ1) is 20.1. The molecule has 0 bridgehead atoms. The Morgan fingerprint density at radius 2 is 1.48 bits per heavy atom. The van der Waals surface area contributed by atoms with Crippen LogP contribution in [0.15, 0.2) is 58.8 Å². The van der Waals surface area contributed by atoms with E-state index in [9.17, 15) is 22.8 Å². The second kappa shape index (κ2) is 8.93. The molecule has 0 atom stereocenters. The van der Waals surface area contributed by atoms with Crippen LogP contribution in [0.5, 0.6) is 0 Å². The smallest absolute Gasteiger partial charge is 0.462 e. The monoisotopic (exact) mass is 379 g/mol. The Kier molecular flexibility index (Phi) is 6.64. The SMILES string of the molecule is CCOC(=O)c1ccc(N=Nc2ccc(CNC(=O)C(F)(F)F)cc2)cc1. The van der Waals surface area contributed by atoms with E-state index in [-0.39, 0.29) is 13.2 Å². The number of nitrogens with one attached hydrogen (secondary N) is 1. The van der Waals surface area contributed by atoms with Gasteiger partial charge in [-0.3, -0.25) is 4.79 Å². The minimum Gasteiger partial charge on any atom is -0.462 e. The van der Waals surface area contributed by atoms with Crippen LogP contribution in [0.3, 0.4) is 0 Å². The molecule has 0 aromatic heterocycles. The number of esters is 1. The molecule has 0 heterocycles. The molecule has 0 aliphatic rings. The zero-order valence-corrected chi connectivity index (χ0v) is 14.3. The van der Waals surface area contributed by atoms with Gasteiger partial charge in [-0.2, -0.15) is 23.4 Å². The molecule has 0 saturated carbocycles. The van der Waals surface area contributed by atoms with Crippen LogP contribution in [0.2, 0.25) is 0 Å². The average molecular weight is 379 g/mol. The summed E-state index contributed by atoms with van der Waals surface area (Å²) in [6, 6.07) is 12.5. The third-order valence-corrected chi connectivity index (χ3v) is 3.31. The number of alkyl halides is 3. The van der Waals surface area contributed by atoms with Crippen molar-refractivity contribution in [2.75, 3.05) is 6.61 Å². The fraction of sp³-hybridized carbons (Fsp3) is 0.222. The second-order valence-electron chi connectivity index (χ2n) is 5.31. The van der Waals surface area contributed by atoms with Gasteiger partial charge < -0.3 is 10.1 Å². The van der Waals surface area contributed by atoms with Gasteiger partial charge in [0.05, 0.1) is 23.5 Å². The van der Waals surface area contributed by atoms with Gasteiger partial charge in [-0.15, -0.1) is 0 Å². The van der Waals surface area contributed by atoms with E-state index in [1.165, 1.54) is 12.1 Å². The summed E-state index contributed by atoms with van der Waals surface area (Å²) in [6.45, 7) is 1.76. The fourth-order valence-corrected chi connectivity index (χ4v) is 1.96. The van der Waals surface area contributed by atoms with Crippen molar-refractivity contribution in [1.29, 1.82) is 0 Å². The van der Waals surface area contributed by atoms with Crippen LogP contribution in [0.25, 0.3) is 0 Å². The van der Waals surface area contributed by atoms with Crippen LogP contribution in [0, 0.1) is 0 Å². The largest absolute Gasteiger partial charge is 0.471 e. The van der Waals surface area contributed by atoms with Crippen molar-refractivity contribution >= 4 is 23.3 Å². The molecule has 9 heteroatoms. The van der Waals surface area contributed by atoms with Crippen LogP contribution < -0.4 is 5.32 Å². The molecular formula is C18H16F3N3O3. The minimum atomic E-state index is -4.91. The Hall–Kier alpha value is -3.23. The van der Waals surface area contributed by atoms with Crippen molar-refractivity contribution in [2.24, 2.45) is 10.2 Å². The molecule has 2 aromatic rings. The standard InChI is InChI=1S/C18H16F3N3O3/c1-2-27-16(25)13-5-9-15(10-6-13)24-23-14-7-3-12(4-8-14)11-22-17(26)18(19,20)21/h3-10H,2,11H2,1H3,(H,22,26). The number of benzene rings is 2. The third kappa shape index (κ3) is 6.21. The lowest BCUT2D eigenvalue weighted by atomic mass is 10.2. The van der Waals surface area contributed by atoms with Gasteiger partial charge >= 0.3 is 18.1 Å². The predicted octanol–water partition coefficient (Wildman–Crippen LogP) is 4.46. The molecular weight excluding hydrogens is 363 g/mol. The maximum Gasteiger partial charge on any atom is 0.471 e.